The van der Waals surface area contributed by atoms with Crippen molar-refractivity contribution in [2.75, 3.05) is 18.6 Å². The van der Waals surface area contributed by atoms with Gasteiger partial charge in [0.2, 0.25) is 5.91 Å². The number of esters is 1. The van der Waals surface area contributed by atoms with Crippen LogP contribution in [0.4, 0.5) is 5.69 Å². The summed E-state index contributed by atoms with van der Waals surface area (Å²) in [6, 6.07) is 1.57. The smallest absolute Gasteiger partial charge is 0.358 e. The number of methoxy groups -OCH3 is 1. The van der Waals surface area contributed by atoms with Gasteiger partial charge in [-0.05, 0) is 22.0 Å². The number of carbonyl (C=O) groups excluding carboxylic acids is 3. The fourth-order valence-corrected chi connectivity index (χ4v) is 2.01. The Morgan fingerprint density at radius 3 is 2.78 bits per heavy atom. The van der Waals surface area contributed by atoms with Gasteiger partial charge in [-0.2, -0.15) is 0 Å². The first-order valence-corrected chi connectivity index (χ1v) is 5.88. The molecule has 94 valence electrons. The van der Waals surface area contributed by atoms with Gasteiger partial charge in [-0.25, -0.2) is 9.78 Å². The number of pyridine rings is 1. The number of Topliss-reactive ketones (excluding diaryl/α,β-unsaturated/α-hetero) is 1. The van der Waals surface area contributed by atoms with Crippen LogP contribution in [0, 0.1) is 0 Å². The average Bonchev–Trinajstić information content (AvgIpc) is 2.67. The highest BCUT2D eigenvalue weighted by Gasteiger charge is 2.32. The number of aromatic nitrogens is 1. The largest absolute Gasteiger partial charge is 0.464 e. The van der Waals surface area contributed by atoms with Crippen molar-refractivity contribution in [1.29, 1.82) is 0 Å². The summed E-state index contributed by atoms with van der Waals surface area (Å²) < 4.78 is 5.21. The maximum Gasteiger partial charge on any atom is 0.358 e. The maximum absolute atomic E-state index is 11.7. The summed E-state index contributed by atoms with van der Waals surface area (Å²) in [6.45, 7) is -0.0407. The number of ketones is 1. The third-order valence-corrected chi connectivity index (χ3v) is 2.92. The number of hydrogen-bond donors (Lipinski definition) is 0. The summed E-state index contributed by atoms with van der Waals surface area (Å²) >= 11 is 3.21. The first kappa shape index (κ1) is 12.7. The first-order chi connectivity index (χ1) is 8.52. The van der Waals surface area contributed by atoms with E-state index in [2.05, 4.69) is 25.7 Å². The molecule has 7 heteroatoms. The molecule has 0 aliphatic carbocycles. The Bertz CT molecular complexity index is 544. The third kappa shape index (κ3) is 2.26. The van der Waals surface area contributed by atoms with E-state index < -0.39 is 5.97 Å². The SMILES string of the molecule is COC(=O)c1ncc(Br)cc1N1CC(=O)CC1=O. The number of amides is 1. The lowest BCUT2D eigenvalue weighted by Gasteiger charge is -2.17. The molecule has 1 aliphatic heterocycles. The zero-order valence-corrected chi connectivity index (χ0v) is 11.1. The standard InChI is InChI=1S/C11H9BrN2O4/c1-18-11(17)10-8(2-6(12)4-13-10)14-5-7(15)3-9(14)16/h2,4H,3,5H2,1H3. The van der Waals surface area contributed by atoms with Crippen LogP contribution < -0.4 is 4.90 Å². The van der Waals surface area contributed by atoms with Crippen LogP contribution in [0.2, 0.25) is 0 Å². The van der Waals surface area contributed by atoms with Crippen LogP contribution in [0.15, 0.2) is 16.7 Å². The monoisotopic (exact) mass is 312 g/mol. The number of anilines is 1. The molecule has 0 unspecified atom stereocenters. The van der Waals surface area contributed by atoms with Crippen molar-refractivity contribution >= 4 is 39.3 Å². The highest BCUT2D eigenvalue weighted by molar-refractivity contribution is 9.10. The molecule has 0 aromatic carbocycles. The minimum absolute atomic E-state index is 0.0174. The second-order valence-electron chi connectivity index (χ2n) is 3.71. The van der Waals surface area contributed by atoms with Crippen molar-refractivity contribution in [2.24, 2.45) is 0 Å². The van der Waals surface area contributed by atoms with E-state index in [1.54, 1.807) is 6.07 Å². The molecule has 2 rings (SSSR count). The molecule has 0 atom stereocenters. The lowest BCUT2D eigenvalue weighted by atomic mass is 10.2. The van der Waals surface area contributed by atoms with E-state index in [-0.39, 0.29) is 36.0 Å². The Hall–Kier alpha value is -1.76. The highest BCUT2D eigenvalue weighted by Crippen LogP contribution is 2.26. The first-order valence-electron chi connectivity index (χ1n) is 5.09. The van der Waals surface area contributed by atoms with Crippen molar-refractivity contribution in [3.63, 3.8) is 0 Å². The van der Waals surface area contributed by atoms with Crippen LogP contribution in [0.1, 0.15) is 16.9 Å². The molecule has 6 nitrogen and oxygen atoms in total. The zero-order chi connectivity index (χ0) is 13.3. The number of carbonyl (C=O) groups is 3. The fraction of sp³-hybridized carbons (Fsp3) is 0.273. The Balaban J connectivity index is 2.48. The zero-order valence-electron chi connectivity index (χ0n) is 9.47. The van der Waals surface area contributed by atoms with Gasteiger partial charge in [0.1, 0.15) is 0 Å². The maximum atomic E-state index is 11.7. The predicted molar refractivity (Wildman–Crippen MR) is 65.3 cm³/mol. The highest BCUT2D eigenvalue weighted by atomic mass is 79.9. The Kier molecular flexibility index (Phi) is 3.42. The van der Waals surface area contributed by atoms with E-state index in [1.165, 1.54) is 18.2 Å². The van der Waals surface area contributed by atoms with Gasteiger partial charge in [-0.15, -0.1) is 0 Å². The number of rotatable bonds is 2. The van der Waals surface area contributed by atoms with Gasteiger partial charge in [0.15, 0.2) is 11.5 Å². The number of halogens is 1. The quantitative estimate of drug-likeness (QED) is 0.600. The summed E-state index contributed by atoms with van der Waals surface area (Å²) in [4.78, 5) is 39.7. The lowest BCUT2D eigenvalue weighted by Crippen LogP contribution is -2.27. The molecule has 0 spiro atoms. The average molecular weight is 313 g/mol. The van der Waals surface area contributed by atoms with Crippen LogP contribution in [0.3, 0.4) is 0 Å². The van der Waals surface area contributed by atoms with E-state index >= 15 is 0 Å². The fourth-order valence-electron chi connectivity index (χ4n) is 1.69. The molecule has 1 amide bonds. The van der Waals surface area contributed by atoms with E-state index in [1.807, 2.05) is 0 Å². The molecule has 0 saturated carbocycles. The minimum Gasteiger partial charge on any atom is -0.464 e. The van der Waals surface area contributed by atoms with Gasteiger partial charge in [-0.1, -0.05) is 0 Å². The van der Waals surface area contributed by atoms with Crippen molar-refractivity contribution in [3.8, 4) is 0 Å². The molecule has 1 saturated heterocycles. The van der Waals surface area contributed by atoms with E-state index in [0.717, 1.165) is 0 Å². The molecular weight excluding hydrogens is 304 g/mol. The second-order valence-corrected chi connectivity index (χ2v) is 4.62. The molecule has 1 aromatic rings. The Morgan fingerprint density at radius 1 is 1.50 bits per heavy atom. The van der Waals surface area contributed by atoms with E-state index in [4.69, 9.17) is 0 Å². The van der Waals surface area contributed by atoms with Gasteiger partial charge in [0.05, 0.1) is 25.8 Å². The summed E-state index contributed by atoms with van der Waals surface area (Å²) in [7, 11) is 1.23. The van der Waals surface area contributed by atoms with Gasteiger partial charge in [0, 0.05) is 10.7 Å². The molecule has 1 aliphatic rings. The third-order valence-electron chi connectivity index (χ3n) is 2.49. The molecule has 2 heterocycles. The Morgan fingerprint density at radius 2 is 2.22 bits per heavy atom. The molecule has 0 bridgehead atoms. The summed E-state index contributed by atoms with van der Waals surface area (Å²) in [5.41, 5.74) is 0.302. The molecule has 1 aromatic heterocycles. The molecule has 0 radical (unpaired) electrons. The second kappa shape index (κ2) is 4.85. The van der Waals surface area contributed by atoms with Crippen molar-refractivity contribution in [2.45, 2.75) is 6.42 Å². The van der Waals surface area contributed by atoms with E-state index in [9.17, 15) is 14.4 Å². The van der Waals surface area contributed by atoms with E-state index in [0.29, 0.717) is 4.47 Å². The summed E-state index contributed by atoms with van der Waals surface area (Å²) in [5, 5.41) is 0. The van der Waals surface area contributed by atoms with Crippen molar-refractivity contribution in [1.82, 2.24) is 4.98 Å². The van der Waals surface area contributed by atoms with Crippen LogP contribution in [-0.4, -0.2) is 36.3 Å². The topological polar surface area (TPSA) is 76.6 Å². The normalized spacial score (nSPS) is 15.1. The molecule has 1 fully saturated rings. The van der Waals surface area contributed by atoms with Crippen molar-refractivity contribution < 1.29 is 19.1 Å². The molecular formula is C11H9BrN2O4. The summed E-state index contributed by atoms with van der Waals surface area (Å²) in [5.74, 6) is -1.18. The van der Waals surface area contributed by atoms with Gasteiger partial charge in [0.25, 0.3) is 0 Å². The molecule has 0 N–H and O–H groups in total. The minimum atomic E-state index is -0.648. The van der Waals surface area contributed by atoms with Gasteiger partial charge >= 0.3 is 5.97 Å². The van der Waals surface area contributed by atoms with Crippen LogP contribution in [0.25, 0.3) is 0 Å². The number of hydrogen-bond acceptors (Lipinski definition) is 5. The van der Waals surface area contributed by atoms with Gasteiger partial charge in [-0.3, -0.25) is 9.59 Å². The van der Waals surface area contributed by atoms with Crippen LogP contribution in [-0.2, 0) is 14.3 Å². The van der Waals surface area contributed by atoms with Crippen molar-refractivity contribution in [3.05, 3.63) is 22.4 Å². The number of ether oxygens (including phenoxy) is 1. The number of nitrogens with zero attached hydrogens (tertiary/aromatic N) is 2. The summed E-state index contributed by atoms with van der Waals surface area (Å²) in [6.07, 6.45) is 1.28. The van der Waals surface area contributed by atoms with Gasteiger partial charge < -0.3 is 9.64 Å². The lowest BCUT2D eigenvalue weighted by molar-refractivity contribution is -0.121. The van der Waals surface area contributed by atoms with Crippen LogP contribution >= 0.6 is 15.9 Å². The molecule has 18 heavy (non-hydrogen) atoms. The predicted octanol–water partition coefficient (Wildman–Crippen LogP) is 0.936. The Labute approximate surface area is 111 Å². The van der Waals surface area contributed by atoms with Crippen LogP contribution in [0.5, 0.6) is 0 Å².